The van der Waals surface area contributed by atoms with E-state index in [0.29, 0.717) is 23.7 Å². The lowest BCUT2D eigenvalue weighted by Crippen LogP contribution is -2.37. The molecule has 1 aromatic heterocycles. The Bertz CT molecular complexity index is 1250. The highest BCUT2D eigenvalue weighted by Gasteiger charge is 2.45. The summed E-state index contributed by atoms with van der Waals surface area (Å²) in [6.45, 7) is 4.61. The first kappa shape index (κ1) is 20.8. The van der Waals surface area contributed by atoms with Gasteiger partial charge in [-0.15, -0.1) is 11.3 Å². The number of amides is 1. The fourth-order valence-electron chi connectivity index (χ4n) is 4.76. The van der Waals surface area contributed by atoms with Crippen LogP contribution in [0.2, 0.25) is 0 Å². The van der Waals surface area contributed by atoms with E-state index in [1.807, 2.05) is 49.4 Å². The normalized spacial score (nSPS) is 21.2. The van der Waals surface area contributed by atoms with E-state index in [1.54, 1.807) is 11.8 Å². The van der Waals surface area contributed by atoms with Gasteiger partial charge in [0.1, 0.15) is 0 Å². The molecule has 3 heterocycles. The molecule has 6 nitrogen and oxygen atoms in total. The molecule has 2 aliphatic rings. The number of Topliss-reactive ketones (excluding diaryl/α,β-unsaturated/α-hetero) is 1. The topological polar surface area (TPSA) is 79.7 Å². The van der Waals surface area contributed by atoms with Gasteiger partial charge in [-0.1, -0.05) is 42.5 Å². The van der Waals surface area contributed by atoms with E-state index in [2.05, 4.69) is 4.98 Å². The van der Waals surface area contributed by atoms with Gasteiger partial charge in [-0.2, -0.15) is 0 Å². The predicted molar refractivity (Wildman–Crippen MR) is 123 cm³/mol. The number of benzene rings is 2. The molecule has 0 radical (unpaired) electrons. The number of carbonyl (C=O) groups is 2. The van der Waals surface area contributed by atoms with Crippen molar-refractivity contribution >= 4 is 33.8 Å². The number of ketones is 1. The Morgan fingerprint density at radius 3 is 2.72 bits per heavy atom. The number of aliphatic hydroxyl groups excluding tert-OH is 1. The van der Waals surface area contributed by atoms with Gasteiger partial charge < -0.3 is 14.7 Å². The lowest BCUT2D eigenvalue weighted by Gasteiger charge is -2.29. The van der Waals surface area contributed by atoms with Crippen LogP contribution in [0.5, 0.6) is 0 Å². The molecule has 7 heteroatoms. The van der Waals surface area contributed by atoms with Crippen LogP contribution >= 0.6 is 11.3 Å². The summed E-state index contributed by atoms with van der Waals surface area (Å²) in [6.07, 6.45) is 1.69. The Balaban J connectivity index is 1.67. The number of thiazole rings is 1. The van der Waals surface area contributed by atoms with Crippen LogP contribution < -0.4 is 0 Å². The summed E-state index contributed by atoms with van der Waals surface area (Å²) in [5, 5.41) is 13.7. The van der Waals surface area contributed by atoms with Crippen molar-refractivity contribution in [3.05, 3.63) is 74.9 Å². The van der Waals surface area contributed by atoms with Crippen LogP contribution in [0.15, 0.2) is 53.8 Å². The van der Waals surface area contributed by atoms with Gasteiger partial charge >= 0.3 is 0 Å². The van der Waals surface area contributed by atoms with Gasteiger partial charge in [0.2, 0.25) is 5.78 Å². The van der Waals surface area contributed by atoms with E-state index < -0.39 is 17.7 Å². The van der Waals surface area contributed by atoms with E-state index in [9.17, 15) is 14.7 Å². The van der Waals surface area contributed by atoms with E-state index in [0.717, 1.165) is 34.2 Å². The van der Waals surface area contributed by atoms with Crippen molar-refractivity contribution < 1.29 is 19.4 Å². The maximum Gasteiger partial charge on any atom is 0.290 e. The molecule has 1 saturated heterocycles. The van der Waals surface area contributed by atoms with Crippen molar-refractivity contribution in [3.8, 4) is 0 Å². The predicted octanol–water partition coefficient (Wildman–Crippen LogP) is 4.67. The molecule has 0 aliphatic carbocycles. The zero-order chi connectivity index (χ0) is 22.4. The van der Waals surface area contributed by atoms with Gasteiger partial charge in [0.25, 0.3) is 5.91 Å². The van der Waals surface area contributed by atoms with Gasteiger partial charge in [-0.3, -0.25) is 9.59 Å². The van der Waals surface area contributed by atoms with Crippen LogP contribution in [0, 0.1) is 13.8 Å². The molecule has 5 rings (SSSR count). The summed E-state index contributed by atoms with van der Waals surface area (Å²) in [7, 11) is 0. The summed E-state index contributed by atoms with van der Waals surface area (Å²) in [5.74, 6) is -1.34. The Kier molecular flexibility index (Phi) is 5.31. The van der Waals surface area contributed by atoms with E-state index in [-0.39, 0.29) is 17.5 Å². The number of hydrogen-bond acceptors (Lipinski definition) is 6. The highest BCUT2D eigenvalue weighted by Crippen LogP contribution is 2.42. The highest BCUT2D eigenvalue weighted by molar-refractivity contribution is 7.14. The Morgan fingerprint density at radius 2 is 2.00 bits per heavy atom. The second-order valence-corrected chi connectivity index (χ2v) is 9.51. The molecule has 0 bridgehead atoms. The molecule has 1 fully saturated rings. The number of nitrogens with zero attached hydrogens (tertiary/aromatic N) is 2. The lowest BCUT2D eigenvalue weighted by molar-refractivity contribution is -0.131. The molecule has 1 N–H and O–H groups in total. The van der Waals surface area contributed by atoms with E-state index in [4.69, 9.17) is 4.74 Å². The number of aromatic nitrogens is 1. The highest BCUT2D eigenvalue weighted by atomic mass is 32.1. The number of fused-ring (bicyclic) bond motifs is 1. The largest absolute Gasteiger partial charge is 0.503 e. The number of ether oxygens (including phenoxy) is 1. The Hall–Kier alpha value is -3.03. The van der Waals surface area contributed by atoms with Crippen LogP contribution in [0.25, 0.3) is 10.8 Å². The van der Waals surface area contributed by atoms with Crippen LogP contribution in [0.4, 0.5) is 0 Å². The zero-order valence-electron chi connectivity index (χ0n) is 18.0. The third-order valence-corrected chi connectivity index (χ3v) is 7.27. The minimum absolute atomic E-state index is 0.105. The van der Waals surface area contributed by atoms with Crippen LogP contribution in [0.3, 0.4) is 0 Å². The molecule has 2 aromatic carbocycles. The molecule has 2 atom stereocenters. The first-order valence-corrected chi connectivity index (χ1v) is 11.6. The lowest BCUT2D eigenvalue weighted by atomic mass is 9.91. The summed E-state index contributed by atoms with van der Waals surface area (Å²) in [6, 6.07) is 13.0. The van der Waals surface area contributed by atoms with Gasteiger partial charge in [0, 0.05) is 13.2 Å². The van der Waals surface area contributed by atoms with Gasteiger partial charge in [0.15, 0.2) is 5.76 Å². The van der Waals surface area contributed by atoms with Gasteiger partial charge in [0.05, 0.1) is 33.3 Å². The molecule has 3 aromatic rings. The quantitative estimate of drug-likeness (QED) is 0.574. The SMILES string of the molecule is Cc1nc(C)c(C(=O)C2=C(O)C(=O)N(CC3CCCO3)C2c2cccc3ccccc23)s1. The summed E-state index contributed by atoms with van der Waals surface area (Å²) in [5.41, 5.74) is 1.55. The average Bonchev–Trinajstić information content (AvgIpc) is 3.48. The van der Waals surface area contributed by atoms with Crippen LogP contribution in [-0.2, 0) is 9.53 Å². The molecule has 0 spiro atoms. The molecule has 0 saturated carbocycles. The van der Waals surface area contributed by atoms with Crippen molar-refractivity contribution in [2.75, 3.05) is 13.2 Å². The maximum absolute atomic E-state index is 13.7. The van der Waals surface area contributed by atoms with Gasteiger partial charge in [-0.05, 0) is 43.0 Å². The van der Waals surface area contributed by atoms with E-state index >= 15 is 0 Å². The molecule has 32 heavy (non-hydrogen) atoms. The van der Waals surface area contributed by atoms with Crippen molar-refractivity contribution in [2.24, 2.45) is 0 Å². The number of hydrogen-bond donors (Lipinski definition) is 1. The summed E-state index contributed by atoms with van der Waals surface area (Å²) >= 11 is 1.29. The molecular weight excluding hydrogens is 424 g/mol. The van der Waals surface area contributed by atoms with Crippen molar-refractivity contribution in [3.63, 3.8) is 0 Å². The third-order valence-electron chi connectivity index (χ3n) is 6.20. The third kappa shape index (κ3) is 3.42. The molecule has 2 unspecified atom stereocenters. The van der Waals surface area contributed by atoms with Crippen molar-refractivity contribution in [1.29, 1.82) is 0 Å². The van der Waals surface area contributed by atoms with Crippen LogP contribution in [-0.4, -0.2) is 45.9 Å². The first-order valence-electron chi connectivity index (χ1n) is 10.8. The number of aliphatic hydroxyl groups is 1. The van der Waals surface area contributed by atoms with Crippen molar-refractivity contribution in [1.82, 2.24) is 9.88 Å². The fourth-order valence-corrected chi connectivity index (χ4v) is 5.63. The Labute approximate surface area is 190 Å². The second kappa shape index (κ2) is 8.15. The summed E-state index contributed by atoms with van der Waals surface area (Å²) in [4.78, 5) is 33.4. The molecule has 1 amide bonds. The molecular formula is C25H24N2O4S. The first-order chi connectivity index (χ1) is 15.5. The van der Waals surface area contributed by atoms with Crippen molar-refractivity contribution in [2.45, 2.75) is 38.8 Å². The molecule has 2 aliphatic heterocycles. The van der Waals surface area contributed by atoms with Crippen LogP contribution in [0.1, 0.15) is 44.8 Å². The minimum Gasteiger partial charge on any atom is -0.503 e. The monoisotopic (exact) mass is 448 g/mol. The average molecular weight is 449 g/mol. The fraction of sp³-hybridized carbons (Fsp3) is 0.320. The van der Waals surface area contributed by atoms with E-state index in [1.165, 1.54) is 11.3 Å². The second-order valence-electron chi connectivity index (χ2n) is 8.30. The molecule has 164 valence electrons. The number of carbonyl (C=O) groups excluding carboxylic acids is 2. The van der Waals surface area contributed by atoms with Gasteiger partial charge in [-0.25, -0.2) is 4.98 Å². The number of aryl methyl sites for hydroxylation is 2. The smallest absolute Gasteiger partial charge is 0.290 e. The zero-order valence-corrected chi connectivity index (χ0v) is 18.8. The minimum atomic E-state index is -0.688. The number of rotatable bonds is 5. The standard InChI is InChI=1S/C25H24N2O4S/c1-14-24(32-15(2)26-14)22(28)20-21(19-11-5-8-16-7-3-4-10-18(16)19)27(25(30)23(20)29)13-17-9-6-12-31-17/h3-5,7-8,10-11,17,21,29H,6,9,12-13H2,1-2H3. The summed E-state index contributed by atoms with van der Waals surface area (Å²) < 4.78 is 5.79. The Morgan fingerprint density at radius 1 is 1.22 bits per heavy atom. The maximum atomic E-state index is 13.7.